The summed E-state index contributed by atoms with van der Waals surface area (Å²) >= 11 is 0. The zero-order chi connectivity index (χ0) is 16.2. The van der Waals surface area contributed by atoms with Gasteiger partial charge in [0.2, 0.25) is 0 Å². The van der Waals surface area contributed by atoms with Crippen molar-refractivity contribution in [3.63, 3.8) is 0 Å². The molecule has 5 nitrogen and oxygen atoms in total. The number of carbonyl (C=O) groups excluding carboxylic acids is 1. The Bertz CT molecular complexity index is 679. The Balaban J connectivity index is 1.58. The minimum atomic E-state index is -0.0756. The van der Waals surface area contributed by atoms with Gasteiger partial charge in [0.1, 0.15) is 5.69 Å². The molecule has 5 heteroatoms. The van der Waals surface area contributed by atoms with E-state index in [1.54, 1.807) is 17.1 Å². The number of piperidine rings is 1. The Labute approximate surface area is 137 Å². The first-order valence-corrected chi connectivity index (χ1v) is 8.17. The third kappa shape index (κ3) is 3.99. The fourth-order valence-electron chi connectivity index (χ4n) is 3.13. The van der Waals surface area contributed by atoms with Crippen molar-refractivity contribution < 1.29 is 4.79 Å². The van der Waals surface area contributed by atoms with Gasteiger partial charge in [0.25, 0.3) is 5.91 Å². The number of hydrogen-bond acceptors (Lipinski definition) is 3. The molecule has 1 aromatic heterocycles. The van der Waals surface area contributed by atoms with Gasteiger partial charge in [-0.25, -0.2) is 4.98 Å². The van der Waals surface area contributed by atoms with Crippen LogP contribution in [0.15, 0.2) is 36.8 Å². The van der Waals surface area contributed by atoms with Crippen molar-refractivity contribution in [1.82, 2.24) is 19.8 Å². The molecule has 0 spiro atoms. The van der Waals surface area contributed by atoms with Crippen LogP contribution in [-0.2, 0) is 13.6 Å². The Morgan fingerprint density at radius 3 is 2.96 bits per heavy atom. The van der Waals surface area contributed by atoms with E-state index in [1.165, 1.54) is 11.1 Å². The molecule has 1 aliphatic heterocycles. The number of nitrogens with zero attached hydrogens (tertiary/aromatic N) is 3. The molecule has 1 unspecified atom stereocenters. The average molecular weight is 312 g/mol. The molecule has 1 aromatic carbocycles. The fraction of sp³-hybridized carbons (Fsp3) is 0.444. The van der Waals surface area contributed by atoms with E-state index in [0.717, 1.165) is 32.5 Å². The number of hydrogen-bond donors (Lipinski definition) is 1. The van der Waals surface area contributed by atoms with Crippen LogP contribution in [0.1, 0.15) is 34.5 Å². The summed E-state index contributed by atoms with van der Waals surface area (Å²) in [6.07, 6.45) is 5.55. The molecular formula is C18H24N4O. The summed E-state index contributed by atoms with van der Waals surface area (Å²) < 4.78 is 1.79. The number of aromatic nitrogens is 2. The van der Waals surface area contributed by atoms with Gasteiger partial charge in [0.15, 0.2) is 0 Å². The number of nitrogens with one attached hydrogen (secondary N) is 1. The van der Waals surface area contributed by atoms with Gasteiger partial charge in [-0.1, -0.05) is 24.3 Å². The van der Waals surface area contributed by atoms with Gasteiger partial charge in [-0.15, -0.1) is 0 Å². The van der Waals surface area contributed by atoms with Crippen LogP contribution in [0.3, 0.4) is 0 Å². The van der Waals surface area contributed by atoms with Crippen LogP contribution >= 0.6 is 0 Å². The topological polar surface area (TPSA) is 50.2 Å². The molecular weight excluding hydrogens is 288 g/mol. The lowest BCUT2D eigenvalue weighted by atomic mass is 10.0. The van der Waals surface area contributed by atoms with Crippen LogP contribution in [0, 0.1) is 6.92 Å². The van der Waals surface area contributed by atoms with E-state index in [0.29, 0.717) is 5.69 Å². The normalized spacial score (nSPS) is 18.8. The van der Waals surface area contributed by atoms with Gasteiger partial charge < -0.3 is 9.88 Å². The summed E-state index contributed by atoms with van der Waals surface area (Å²) in [5, 5.41) is 3.12. The number of amides is 1. The van der Waals surface area contributed by atoms with E-state index < -0.39 is 0 Å². The summed E-state index contributed by atoms with van der Waals surface area (Å²) in [7, 11) is 1.87. The second kappa shape index (κ2) is 6.96. The highest BCUT2D eigenvalue weighted by molar-refractivity contribution is 5.92. The zero-order valence-corrected chi connectivity index (χ0v) is 13.8. The molecule has 0 bridgehead atoms. The Morgan fingerprint density at radius 1 is 1.39 bits per heavy atom. The molecule has 2 heterocycles. The molecule has 122 valence electrons. The quantitative estimate of drug-likeness (QED) is 0.941. The molecule has 1 fully saturated rings. The number of carbonyl (C=O) groups is 1. The van der Waals surface area contributed by atoms with E-state index in [1.807, 2.05) is 7.05 Å². The largest absolute Gasteiger partial charge is 0.347 e. The van der Waals surface area contributed by atoms with Crippen molar-refractivity contribution >= 4 is 5.91 Å². The monoisotopic (exact) mass is 312 g/mol. The zero-order valence-electron chi connectivity index (χ0n) is 13.8. The highest BCUT2D eigenvalue weighted by Gasteiger charge is 2.22. The molecule has 0 saturated carbocycles. The van der Waals surface area contributed by atoms with Crippen LogP contribution in [0.2, 0.25) is 0 Å². The second-order valence-corrected chi connectivity index (χ2v) is 6.40. The maximum absolute atomic E-state index is 12.2. The first kappa shape index (κ1) is 15.7. The molecule has 3 rings (SSSR count). The predicted molar refractivity (Wildman–Crippen MR) is 90.2 cm³/mol. The highest BCUT2D eigenvalue weighted by Crippen LogP contribution is 2.16. The number of likely N-dealkylation sites (tertiary alicyclic amines) is 1. The van der Waals surface area contributed by atoms with Crippen molar-refractivity contribution in [2.45, 2.75) is 32.4 Å². The maximum atomic E-state index is 12.2. The Kier molecular flexibility index (Phi) is 4.76. The van der Waals surface area contributed by atoms with Crippen LogP contribution in [-0.4, -0.2) is 39.5 Å². The summed E-state index contributed by atoms with van der Waals surface area (Å²) in [6.45, 7) is 5.08. The van der Waals surface area contributed by atoms with Gasteiger partial charge in [0, 0.05) is 32.4 Å². The van der Waals surface area contributed by atoms with E-state index in [2.05, 4.69) is 46.4 Å². The maximum Gasteiger partial charge on any atom is 0.271 e. The van der Waals surface area contributed by atoms with E-state index in [-0.39, 0.29) is 11.9 Å². The third-order valence-corrected chi connectivity index (χ3v) is 4.43. The second-order valence-electron chi connectivity index (χ2n) is 6.40. The Morgan fingerprint density at radius 2 is 2.22 bits per heavy atom. The number of aryl methyl sites for hydroxylation is 2. The lowest BCUT2D eigenvalue weighted by Crippen LogP contribution is -2.47. The summed E-state index contributed by atoms with van der Waals surface area (Å²) in [5.41, 5.74) is 3.18. The predicted octanol–water partition coefficient (Wildman–Crippen LogP) is 2.12. The van der Waals surface area contributed by atoms with Gasteiger partial charge in [-0.05, 0) is 37.4 Å². The summed E-state index contributed by atoms with van der Waals surface area (Å²) in [6, 6.07) is 8.70. The summed E-state index contributed by atoms with van der Waals surface area (Å²) in [5.74, 6) is -0.0756. The molecule has 1 saturated heterocycles. The van der Waals surface area contributed by atoms with Gasteiger partial charge >= 0.3 is 0 Å². The van der Waals surface area contributed by atoms with Crippen molar-refractivity contribution in [2.24, 2.45) is 7.05 Å². The standard InChI is InChI=1S/C18H24N4O/c1-14-6-3-4-7-15(14)10-22-9-5-8-16(11-22)20-18(23)17-12-21(2)13-19-17/h3-4,6-7,12-13,16H,5,8-11H2,1-2H3,(H,20,23). The van der Waals surface area contributed by atoms with E-state index >= 15 is 0 Å². The SMILES string of the molecule is Cc1ccccc1CN1CCCC(NC(=O)c2cn(C)cn2)C1. The molecule has 1 amide bonds. The van der Waals surface area contributed by atoms with Crippen molar-refractivity contribution in [2.75, 3.05) is 13.1 Å². The minimum Gasteiger partial charge on any atom is -0.347 e. The number of imidazole rings is 1. The first-order chi connectivity index (χ1) is 11.1. The van der Waals surface area contributed by atoms with Crippen molar-refractivity contribution in [3.05, 3.63) is 53.6 Å². The van der Waals surface area contributed by atoms with E-state index in [4.69, 9.17) is 0 Å². The minimum absolute atomic E-state index is 0.0756. The lowest BCUT2D eigenvalue weighted by Gasteiger charge is -2.33. The van der Waals surface area contributed by atoms with Gasteiger partial charge in [-0.2, -0.15) is 0 Å². The smallest absolute Gasteiger partial charge is 0.271 e. The van der Waals surface area contributed by atoms with E-state index in [9.17, 15) is 4.79 Å². The highest BCUT2D eigenvalue weighted by atomic mass is 16.2. The van der Waals surface area contributed by atoms with Gasteiger partial charge in [-0.3, -0.25) is 9.69 Å². The fourth-order valence-corrected chi connectivity index (χ4v) is 3.13. The molecule has 1 N–H and O–H groups in total. The molecule has 2 aromatic rings. The molecule has 0 aliphatic carbocycles. The molecule has 1 atom stereocenters. The van der Waals surface area contributed by atoms with Crippen LogP contribution in [0.25, 0.3) is 0 Å². The molecule has 1 aliphatic rings. The van der Waals surface area contributed by atoms with Crippen LogP contribution < -0.4 is 5.32 Å². The lowest BCUT2D eigenvalue weighted by molar-refractivity contribution is 0.0896. The Hall–Kier alpha value is -2.14. The molecule has 0 radical (unpaired) electrons. The van der Waals surface area contributed by atoms with Crippen molar-refractivity contribution in [1.29, 1.82) is 0 Å². The van der Waals surface area contributed by atoms with Gasteiger partial charge in [0.05, 0.1) is 6.33 Å². The third-order valence-electron chi connectivity index (χ3n) is 4.43. The average Bonchev–Trinajstić information content (AvgIpc) is 2.97. The number of benzene rings is 1. The first-order valence-electron chi connectivity index (χ1n) is 8.17. The summed E-state index contributed by atoms with van der Waals surface area (Å²) in [4.78, 5) is 18.8. The van der Waals surface area contributed by atoms with Crippen LogP contribution in [0.5, 0.6) is 0 Å². The molecule has 23 heavy (non-hydrogen) atoms. The van der Waals surface area contributed by atoms with Crippen molar-refractivity contribution in [3.8, 4) is 0 Å². The van der Waals surface area contributed by atoms with Crippen LogP contribution in [0.4, 0.5) is 0 Å². The number of rotatable bonds is 4.